The molecule has 3 aromatic rings. The summed E-state index contributed by atoms with van der Waals surface area (Å²) in [5, 5.41) is 2.78. The highest BCUT2D eigenvalue weighted by atomic mass is 32.2. The second kappa shape index (κ2) is 9.89. The third-order valence-corrected chi connectivity index (χ3v) is 6.60. The maximum absolute atomic E-state index is 12.7. The number of carbonyl (C=O) groups excluding carboxylic acids is 1. The number of thioether (sulfide) groups is 1. The lowest BCUT2D eigenvalue weighted by Crippen LogP contribution is -2.20. The van der Waals surface area contributed by atoms with Gasteiger partial charge in [0.05, 0.1) is 10.6 Å². The first-order valence-electron chi connectivity index (χ1n) is 9.54. The number of benzene rings is 3. The quantitative estimate of drug-likeness (QED) is 0.474. The lowest BCUT2D eigenvalue weighted by molar-refractivity contribution is -0.118. The highest BCUT2D eigenvalue weighted by molar-refractivity contribution is 7.98. The average Bonchev–Trinajstić information content (AvgIpc) is 2.75. The van der Waals surface area contributed by atoms with E-state index in [0.29, 0.717) is 17.1 Å². The first-order chi connectivity index (χ1) is 14.8. The molecular weight excluding hydrogens is 432 g/mol. The van der Waals surface area contributed by atoms with Crippen LogP contribution in [0.15, 0.2) is 76.5 Å². The lowest BCUT2D eigenvalue weighted by Gasteiger charge is -2.12. The average molecular weight is 457 g/mol. The summed E-state index contributed by atoms with van der Waals surface area (Å²) in [7, 11) is -3.73. The molecule has 0 bridgehead atoms. The summed E-state index contributed by atoms with van der Waals surface area (Å²) in [5.41, 5.74) is 3.04. The number of nitrogens with one attached hydrogen (secondary N) is 2. The Balaban J connectivity index is 1.60. The highest BCUT2D eigenvalue weighted by Gasteiger charge is 2.15. The van der Waals surface area contributed by atoms with E-state index in [9.17, 15) is 13.2 Å². The van der Waals surface area contributed by atoms with Gasteiger partial charge in [-0.25, -0.2) is 8.42 Å². The zero-order valence-corrected chi connectivity index (χ0v) is 19.1. The van der Waals surface area contributed by atoms with E-state index in [2.05, 4.69) is 10.0 Å². The van der Waals surface area contributed by atoms with Crippen molar-refractivity contribution in [2.45, 2.75) is 23.6 Å². The molecule has 0 saturated carbocycles. The fraction of sp³-hybridized carbons (Fsp3) is 0.174. The number of hydrogen-bond acceptors (Lipinski definition) is 5. The van der Waals surface area contributed by atoms with Gasteiger partial charge in [-0.1, -0.05) is 18.2 Å². The van der Waals surface area contributed by atoms with Crippen LogP contribution in [0.5, 0.6) is 5.75 Å². The van der Waals surface area contributed by atoms with E-state index in [-0.39, 0.29) is 17.4 Å². The summed E-state index contributed by atoms with van der Waals surface area (Å²) in [5.74, 6) is 0.102. The van der Waals surface area contributed by atoms with Gasteiger partial charge in [0.1, 0.15) is 5.75 Å². The number of carbonyl (C=O) groups is 1. The summed E-state index contributed by atoms with van der Waals surface area (Å²) in [6.45, 7) is 3.56. The Morgan fingerprint density at radius 3 is 2.45 bits per heavy atom. The number of aryl methyl sites for hydroxylation is 2. The van der Waals surface area contributed by atoms with Crippen molar-refractivity contribution in [3.05, 3.63) is 77.9 Å². The molecule has 0 spiro atoms. The first kappa shape index (κ1) is 22.7. The number of hydrogen-bond donors (Lipinski definition) is 2. The van der Waals surface area contributed by atoms with Crippen LogP contribution in [0.25, 0.3) is 0 Å². The lowest BCUT2D eigenvalue weighted by atomic mass is 10.1. The fourth-order valence-electron chi connectivity index (χ4n) is 2.81. The Kier molecular flexibility index (Phi) is 7.25. The number of ether oxygens (including phenoxy) is 1. The third-order valence-electron chi connectivity index (χ3n) is 4.49. The molecule has 31 heavy (non-hydrogen) atoms. The van der Waals surface area contributed by atoms with Crippen molar-refractivity contribution >= 4 is 39.1 Å². The Bertz CT molecular complexity index is 1180. The molecule has 6 nitrogen and oxygen atoms in total. The van der Waals surface area contributed by atoms with Gasteiger partial charge in [-0.2, -0.15) is 0 Å². The first-order valence-corrected chi connectivity index (χ1v) is 12.2. The number of sulfonamides is 1. The van der Waals surface area contributed by atoms with Crippen molar-refractivity contribution in [1.29, 1.82) is 0 Å². The molecule has 0 heterocycles. The van der Waals surface area contributed by atoms with E-state index >= 15 is 0 Å². The minimum Gasteiger partial charge on any atom is -0.484 e. The van der Waals surface area contributed by atoms with Gasteiger partial charge in [-0.15, -0.1) is 11.8 Å². The van der Waals surface area contributed by atoms with Gasteiger partial charge < -0.3 is 10.1 Å². The molecule has 162 valence electrons. The van der Waals surface area contributed by atoms with Crippen molar-refractivity contribution in [1.82, 2.24) is 0 Å². The van der Waals surface area contributed by atoms with Crippen LogP contribution in [0, 0.1) is 13.8 Å². The summed E-state index contributed by atoms with van der Waals surface area (Å²) in [6, 6.07) is 19.0. The molecule has 1 amide bonds. The molecule has 0 radical (unpaired) electrons. The van der Waals surface area contributed by atoms with Gasteiger partial charge >= 0.3 is 0 Å². The summed E-state index contributed by atoms with van der Waals surface area (Å²) < 4.78 is 33.5. The van der Waals surface area contributed by atoms with Crippen molar-refractivity contribution in [3.8, 4) is 5.75 Å². The van der Waals surface area contributed by atoms with E-state index in [1.165, 1.54) is 24.3 Å². The summed E-state index contributed by atoms with van der Waals surface area (Å²) in [4.78, 5) is 13.3. The van der Waals surface area contributed by atoms with Crippen LogP contribution in [-0.2, 0) is 14.8 Å². The third kappa shape index (κ3) is 6.26. The number of amides is 1. The van der Waals surface area contributed by atoms with Crippen LogP contribution >= 0.6 is 11.8 Å². The topological polar surface area (TPSA) is 84.5 Å². The maximum atomic E-state index is 12.7. The minimum absolute atomic E-state index is 0.110. The van der Waals surface area contributed by atoms with Crippen LogP contribution in [-0.4, -0.2) is 27.2 Å². The van der Waals surface area contributed by atoms with Crippen LogP contribution in [0.1, 0.15) is 11.1 Å². The fourth-order valence-corrected chi connectivity index (χ4v) is 4.39. The molecule has 0 fully saturated rings. The molecule has 0 unspecified atom stereocenters. The predicted molar refractivity (Wildman–Crippen MR) is 126 cm³/mol. The Hall–Kier alpha value is -2.97. The van der Waals surface area contributed by atoms with E-state index < -0.39 is 10.0 Å². The Morgan fingerprint density at radius 1 is 1.00 bits per heavy atom. The van der Waals surface area contributed by atoms with Gasteiger partial charge in [0.25, 0.3) is 15.9 Å². The van der Waals surface area contributed by atoms with Crippen molar-refractivity contribution in [2.75, 3.05) is 22.9 Å². The molecule has 2 N–H and O–H groups in total. The largest absolute Gasteiger partial charge is 0.484 e. The molecule has 0 atom stereocenters. The summed E-state index contributed by atoms with van der Waals surface area (Å²) in [6.07, 6.45) is 1.96. The highest BCUT2D eigenvalue weighted by Crippen LogP contribution is 2.23. The molecule has 0 saturated heterocycles. The van der Waals surface area contributed by atoms with Gasteiger partial charge in [-0.3, -0.25) is 9.52 Å². The Labute approximate surface area is 187 Å². The normalized spacial score (nSPS) is 11.1. The van der Waals surface area contributed by atoms with Gasteiger partial charge in [0.2, 0.25) is 0 Å². The van der Waals surface area contributed by atoms with Crippen LogP contribution in [0.4, 0.5) is 11.4 Å². The predicted octanol–water partition coefficient (Wildman–Crippen LogP) is 4.84. The maximum Gasteiger partial charge on any atom is 0.262 e. The van der Waals surface area contributed by atoms with Crippen LogP contribution in [0.2, 0.25) is 0 Å². The molecule has 0 aliphatic heterocycles. The van der Waals surface area contributed by atoms with Crippen LogP contribution < -0.4 is 14.8 Å². The van der Waals surface area contributed by atoms with E-state index in [4.69, 9.17) is 4.74 Å². The molecule has 3 aromatic carbocycles. The second-order valence-corrected chi connectivity index (χ2v) is 9.53. The smallest absolute Gasteiger partial charge is 0.262 e. The zero-order chi connectivity index (χ0) is 22.4. The Morgan fingerprint density at radius 2 is 1.74 bits per heavy atom. The zero-order valence-electron chi connectivity index (χ0n) is 17.5. The molecule has 0 aromatic heterocycles. The van der Waals surface area contributed by atoms with Gasteiger partial charge in [0, 0.05) is 10.6 Å². The van der Waals surface area contributed by atoms with Crippen molar-refractivity contribution < 1.29 is 17.9 Å². The monoisotopic (exact) mass is 456 g/mol. The second-order valence-electron chi connectivity index (χ2n) is 6.96. The molecule has 8 heteroatoms. The molecule has 0 aliphatic carbocycles. The number of rotatable bonds is 8. The van der Waals surface area contributed by atoms with E-state index in [0.717, 1.165) is 16.0 Å². The minimum atomic E-state index is -3.73. The van der Waals surface area contributed by atoms with Gasteiger partial charge in [0.15, 0.2) is 6.61 Å². The standard InChI is InChI=1S/C23H24N2O4S2/c1-16-7-8-17(2)22(13-16)25-31(27,28)21-11-9-19(10-12-21)29-15-23(26)24-18-5-4-6-20(14-18)30-3/h4-14,25H,15H2,1-3H3,(H,24,26). The number of anilines is 2. The molecular formula is C23H24N2O4S2. The SMILES string of the molecule is CSc1cccc(NC(=O)COc2ccc(S(=O)(=O)Nc3cc(C)ccc3C)cc2)c1. The molecule has 0 aliphatic rings. The van der Waals surface area contributed by atoms with Crippen molar-refractivity contribution in [3.63, 3.8) is 0 Å². The van der Waals surface area contributed by atoms with E-state index in [1.807, 2.05) is 50.4 Å². The molecule has 3 rings (SSSR count). The van der Waals surface area contributed by atoms with Crippen LogP contribution in [0.3, 0.4) is 0 Å². The van der Waals surface area contributed by atoms with Crippen molar-refractivity contribution in [2.24, 2.45) is 0 Å². The van der Waals surface area contributed by atoms with E-state index in [1.54, 1.807) is 23.9 Å². The summed E-state index contributed by atoms with van der Waals surface area (Å²) >= 11 is 1.59. The van der Waals surface area contributed by atoms with Gasteiger partial charge in [-0.05, 0) is 79.8 Å².